The number of carboxylic acids is 1. The lowest BCUT2D eigenvalue weighted by molar-refractivity contribution is -0.136. The molecule has 1 aromatic heterocycles. The molecule has 0 saturated carbocycles. The molecule has 0 aromatic carbocycles. The van der Waals surface area contributed by atoms with E-state index >= 15 is 0 Å². The number of nitriles is 1. The Labute approximate surface area is 91.7 Å². The van der Waals surface area contributed by atoms with Crippen molar-refractivity contribution in [1.29, 1.82) is 5.26 Å². The van der Waals surface area contributed by atoms with Gasteiger partial charge in [-0.1, -0.05) is 0 Å². The summed E-state index contributed by atoms with van der Waals surface area (Å²) in [6, 6.07) is 4.79. The van der Waals surface area contributed by atoms with Gasteiger partial charge < -0.3 is 5.11 Å². The van der Waals surface area contributed by atoms with E-state index in [2.05, 4.69) is 4.98 Å². The summed E-state index contributed by atoms with van der Waals surface area (Å²) in [6.07, 6.45) is 1.28. The largest absolute Gasteiger partial charge is 0.480 e. The van der Waals surface area contributed by atoms with Gasteiger partial charge in [0.05, 0.1) is 5.56 Å². The first-order chi connectivity index (χ1) is 7.54. The van der Waals surface area contributed by atoms with Crippen LogP contribution in [0.25, 0.3) is 0 Å². The van der Waals surface area contributed by atoms with E-state index in [4.69, 9.17) is 10.4 Å². The van der Waals surface area contributed by atoms with Crippen LogP contribution in [0.15, 0.2) is 18.3 Å². The number of aliphatic carboxylic acids is 1. The van der Waals surface area contributed by atoms with Crippen molar-refractivity contribution < 1.29 is 14.7 Å². The molecule has 0 atom stereocenters. The van der Waals surface area contributed by atoms with E-state index in [0.29, 0.717) is 5.56 Å². The van der Waals surface area contributed by atoms with E-state index in [1.807, 2.05) is 6.07 Å². The molecule has 6 nitrogen and oxygen atoms in total. The number of pyridine rings is 1. The number of carboxylic acid groups (broad SMARTS) is 1. The fourth-order valence-electron chi connectivity index (χ4n) is 1.10. The van der Waals surface area contributed by atoms with Gasteiger partial charge in [0.1, 0.15) is 18.4 Å². The lowest BCUT2D eigenvalue weighted by Crippen LogP contribution is -2.34. The summed E-state index contributed by atoms with van der Waals surface area (Å²) < 4.78 is 0. The van der Waals surface area contributed by atoms with E-state index in [1.54, 1.807) is 0 Å². The molecular formula is C10H9N3O3. The third-order valence-corrected chi connectivity index (χ3v) is 1.83. The molecule has 0 bridgehead atoms. The number of amides is 1. The van der Waals surface area contributed by atoms with E-state index in [-0.39, 0.29) is 5.82 Å². The zero-order valence-corrected chi connectivity index (χ0v) is 8.54. The lowest BCUT2D eigenvalue weighted by atomic mass is 10.3. The average molecular weight is 219 g/mol. The monoisotopic (exact) mass is 219 g/mol. The second-order valence-corrected chi connectivity index (χ2v) is 3.02. The summed E-state index contributed by atoms with van der Waals surface area (Å²) in [7, 11) is 0. The molecule has 0 saturated heterocycles. The fourth-order valence-corrected chi connectivity index (χ4v) is 1.10. The van der Waals surface area contributed by atoms with Crippen LogP contribution in [0.1, 0.15) is 12.5 Å². The van der Waals surface area contributed by atoms with Gasteiger partial charge in [0, 0.05) is 13.1 Å². The van der Waals surface area contributed by atoms with Gasteiger partial charge in [0.15, 0.2) is 0 Å². The van der Waals surface area contributed by atoms with Gasteiger partial charge >= 0.3 is 5.97 Å². The number of rotatable bonds is 3. The smallest absolute Gasteiger partial charge is 0.323 e. The zero-order chi connectivity index (χ0) is 12.1. The third kappa shape index (κ3) is 2.78. The Bertz CT molecular complexity index is 447. The van der Waals surface area contributed by atoms with Crippen molar-refractivity contribution in [3.05, 3.63) is 23.9 Å². The van der Waals surface area contributed by atoms with Crippen LogP contribution < -0.4 is 4.90 Å². The van der Waals surface area contributed by atoms with Crippen molar-refractivity contribution in [2.75, 3.05) is 11.4 Å². The van der Waals surface area contributed by atoms with Crippen LogP contribution in [0.3, 0.4) is 0 Å². The van der Waals surface area contributed by atoms with Gasteiger partial charge in [0.25, 0.3) is 0 Å². The molecule has 1 rings (SSSR count). The summed E-state index contributed by atoms with van der Waals surface area (Å²) in [6.45, 7) is 0.803. The third-order valence-electron chi connectivity index (χ3n) is 1.83. The molecule has 16 heavy (non-hydrogen) atoms. The van der Waals surface area contributed by atoms with Crippen LogP contribution in [0.2, 0.25) is 0 Å². The predicted octanol–water partition coefficient (Wildman–Crippen LogP) is 0.391. The number of carbonyl (C=O) groups excluding carboxylic acids is 1. The van der Waals surface area contributed by atoms with Crippen molar-refractivity contribution in [2.45, 2.75) is 6.92 Å². The Morgan fingerprint density at radius 2 is 2.25 bits per heavy atom. The Morgan fingerprint density at radius 3 is 2.62 bits per heavy atom. The van der Waals surface area contributed by atoms with Crippen LogP contribution in [0.5, 0.6) is 0 Å². The van der Waals surface area contributed by atoms with Crippen LogP contribution in [-0.4, -0.2) is 28.5 Å². The molecule has 0 radical (unpaired) electrons. The molecule has 0 spiro atoms. The molecule has 1 heterocycles. The zero-order valence-electron chi connectivity index (χ0n) is 8.54. The summed E-state index contributed by atoms with van der Waals surface area (Å²) in [5, 5.41) is 17.2. The van der Waals surface area contributed by atoms with Crippen LogP contribution in [0, 0.1) is 11.3 Å². The number of anilines is 1. The van der Waals surface area contributed by atoms with Gasteiger partial charge in [-0.25, -0.2) is 4.98 Å². The van der Waals surface area contributed by atoms with Gasteiger partial charge in [-0.2, -0.15) is 5.26 Å². The van der Waals surface area contributed by atoms with Gasteiger partial charge in [-0.15, -0.1) is 0 Å². The maximum atomic E-state index is 11.2. The summed E-state index contributed by atoms with van der Waals surface area (Å²) in [5.41, 5.74) is 0.350. The standard InChI is InChI=1S/C10H9N3O3/c1-7(14)13(6-10(15)16)9-3-2-8(4-11)5-12-9/h2-3,5H,6H2,1H3,(H,15,16). The molecule has 6 heteroatoms. The Kier molecular flexibility index (Phi) is 3.56. The number of nitrogens with zero attached hydrogens (tertiary/aromatic N) is 3. The normalized spacial score (nSPS) is 9.25. The SMILES string of the molecule is CC(=O)N(CC(=O)O)c1ccc(C#N)cn1. The highest BCUT2D eigenvalue weighted by molar-refractivity contribution is 5.94. The number of aromatic nitrogens is 1. The minimum atomic E-state index is -1.12. The lowest BCUT2D eigenvalue weighted by Gasteiger charge is -2.17. The number of hydrogen-bond acceptors (Lipinski definition) is 4. The maximum absolute atomic E-state index is 11.2. The first kappa shape index (κ1) is 11.7. The number of hydrogen-bond donors (Lipinski definition) is 1. The van der Waals surface area contributed by atoms with E-state index in [0.717, 1.165) is 4.90 Å². The van der Waals surface area contributed by atoms with Crippen LogP contribution >= 0.6 is 0 Å². The summed E-state index contributed by atoms with van der Waals surface area (Å²) in [5.74, 6) is -1.32. The van der Waals surface area contributed by atoms with Gasteiger partial charge in [-0.3, -0.25) is 14.5 Å². The van der Waals surface area contributed by atoms with E-state index in [1.165, 1.54) is 25.3 Å². The highest BCUT2D eigenvalue weighted by atomic mass is 16.4. The van der Waals surface area contributed by atoms with Crippen molar-refractivity contribution >= 4 is 17.7 Å². The van der Waals surface area contributed by atoms with Gasteiger partial charge in [-0.05, 0) is 12.1 Å². The molecule has 1 amide bonds. The van der Waals surface area contributed by atoms with Crippen molar-refractivity contribution in [3.8, 4) is 6.07 Å². The first-order valence-corrected chi connectivity index (χ1v) is 4.40. The molecule has 1 N–H and O–H groups in total. The summed E-state index contributed by atoms with van der Waals surface area (Å²) >= 11 is 0. The second kappa shape index (κ2) is 4.89. The highest BCUT2D eigenvalue weighted by Gasteiger charge is 2.15. The molecule has 0 aliphatic rings. The van der Waals surface area contributed by atoms with E-state index < -0.39 is 18.4 Å². The number of carbonyl (C=O) groups is 2. The molecule has 0 fully saturated rings. The Balaban J connectivity index is 2.98. The molecule has 0 aliphatic heterocycles. The quantitative estimate of drug-likeness (QED) is 0.793. The van der Waals surface area contributed by atoms with Crippen molar-refractivity contribution in [2.24, 2.45) is 0 Å². The Hall–Kier alpha value is -2.42. The molecule has 82 valence electrons. The molecule has 0 unspecified atom stereocenters. The average Bonchev–Trinajstić information content (AvgIpc) is 2.25. The second-order valence-electron chi connectivity index (χ2n) is 3.02. The maximum Gasteiger partial charge on any atom is 0.323 e. The molecule has 1 aromatic rings. The summed E-state index contributed by atoms with van der Waals surface area (Å²) in [4.78, 5) is 26.6. The minimum Gasteiger partial charge on any atom is -0.480 e. The first-order valence-electron chi connectivity index (χ1n) is 4.40. The van der Waals surface area contributed by atoms with Gasteiger partial charge in [0.2, 0.25) is 5.91 Å². The minimum absolute atomic E-state index is 0.217. The highest BCUT2D eigenvalue weighted by Crippen LogP contribution is 2.10. The molecular weight excluding hydrogens is 210 g/mol. The molecule has 0 aliphatic carbocycles. The van der Waals surface area contributed by atoms with Crippen molar-refractivity contribution in [3.63, 3.8) is 0 Å². The topological polar surface area (TPSA) is 94.3 Å². The van der Waals surface area contributed by atoms with Crippen LogP contribution in [0.4, 0.5) is 5.82 Å². The Morgan fingerprint density at radius 1 is 1.56 bits per heavy atom. The fraction of sp³-hybridized carbons (Fsp3) is 0.200. The predicted molar refractivity (Wildman–Crippen MR) is 54.6 cm³/mol. The van der Waals surface area contributed by atoms with E-state index in [9.17, 15) is 9.59 Å². The van der Waals surface area contributed by atoms with Crippen molar-refractivity contribution in [1.82, 2.24) is 4.98 Å². The van der Waals surface area contributed by atoms with Crippen LogP contribution in [-0.2, 0) is 9.59 Å².